The van der Waals surface area contributed by atoms with E-state index in [2.05, 4.69) is 32.0 Å². The molecular formula is C23H26N2O2S. The van der Waals surface area contributed by atoms with Crippen LogP contribution in [0.5, 0.6) is 0 Å². The minimum absolute atomic E-state index is 0.0758. The minimum Gasteiger partial charge on any atom is -0.376 e. The molecule has 1 aliphatic heterocycles. The van der Waals surface area contributed by atoms with Gasteiger partial charge in [-0.05, 0) is 36.0 Å². The lowest BCUT2D eigenvalue weighted by atomic mass is 10.0. The predicted molar refractivity (Wildman–Crippen MR) is 115 cm³/mol. The molecule has 0 radical (unpaired) electrons. The van der Waals surface area contributed by atoms with Gasteiger partial charge in [0, 0.05) is 6.61 Å². The van der Waals surface area contributed by atoms with Gasteiger partial charge in [-0.15, -0.1) is 0 Å². The summed E-state index contributed by atoms with van der Waals surface area (Å²) in [7, 11) is 0. The maximum Gasteiger partial charge on any atom is 0.233 e. The van der Waals surface area contributed by atoms with E-state index in [0.717, 1.165) is 40.4 Å². The molecule has 2 aromatic carbocycles. The smallest absolute Gasteiger partial charge is 0.233 e. The lowest BCUT2D eigenvalue weighted by Crippen LogP contribution is -2.38. The van der Waals surface area contributed by atoms with Crippen LogP contribution >= 0.6 is 11.3 Å². The van der Waals surface area contributed by atoms with Gasteiger partial charge in [0.15, 0.2) is 5.13 Å². The normalized spacial score (nSPS) is 16.8. The number of benzene rings is 2. The number of ether oxygens (including phenoxy) is 1. The number of anilines is 1. The minimum atomic E-state index is 0.0758. The van der Waals surface area contributed by atoms with E-state index in [9.17, 15) is 4.79 Å². The van der Waals surface area contributed by atoms with E-state index in [-0.39, 0.29) is 12.0 Å². The monoisotopic (exact) mass is 394 g/mol. The van der Waals surface area contributed by atoms with Gasteiger partial charge in [-0.25, -0.2) is 4.98 Å². The van der Waals surface area contributed by atoms with Crippen molar-refractivity contribution in [1.82, 2.24) is 4.98 Å². The first kappa shape index (κ1) is 19.1. The molecule has 1 fully saturated rings. The van der Waals surface area contributed by atoms with E-state index < -0.39 is 0 Å². The number of carbonyl (C=O) groups excluding carboxylic acids is 1. The summed E-state index contributed by atoms with van der Waals surface area (Å²) in [5.41, 5.74) is 3.27. The van der Waals surface area contributed by atoms with Gasteiger partial charge in [-0.3, -0.25) is 9.69 Å². The molecule has 0 aliphatic carbocycles. The second kappa shape index (κ2) is 8.41. The van der Waals surface area contributed by atoms with E-state index >= 15 is 0 Å². The zero-order valence-corrected chi connectivity index (χ0v) is 17.2. The molecule has 3 aromatic rings. The highest BCUT2D eigenvalue weighted by atomic mass is 32.1. The molecule has 4 nitrogen and oxygen atoms in total. The molecule has 1 aromatic heterocycles. The Morgan fingerprint density at radius 3 is 2.75 bits per heavy atom. The highest BCUT2D eigenvalue weighted by Gasteiger charge is 2.26. The Kier molecular flexibility index (Phi) is 5.74. The number of thiazole rings is 1. The van der Waals surface area contributed by atoms with E-state index in [1.54, 1.807) is 11.3 Å². The fourth-order valence-corrected chi connectivity index (χ4v) is 4.71. The van der Waals surface area contributed by atoms with Gasteiger partial charge in [-0.2, -0.15) is 0 Å². The molecule has 2 heterocycles. The van der Waals surface area contributed by atoms with Crippen LogP contribution in [-0.4, -0.2) is 30.1 Å². The Labute approximate surface area is 170 Å². The molecule has 28 heavy (non-hydrogen) atoms. The van der Waals surface area contributed by atoms with Crippen molar-refractivity contribution in [1.29, 1.82) is 0 Å². The van der Waals surface area contributed by atoms with E-state index in [4.69, 9.17) is 9.72 Å². The molecular weight excluding hydrogens is 368 g/mol. The zero-order chi connectivity index (χ0) is 19.5. The highest BCUT2D eigenvalue weighted by molar-refractivity contribution is 7.22. The van der Waals surface area contributed by atoms with Crippen LogP contribution in [0.1, 0.15) is 43.7 Å². The van der Waals surface area contributed by atoms with Gasteiger partial charge in [0.1, 0.15) is 0 Å². The molecule has 1 saturated heterocycles. The quantitative estimate of drug-likeness (QED) is 0.579. The van der Waals surface area contributed by atoms with Crippen LogP contribution in [0, 0.1) is 0 Å². The second-order valence-corrected chi connectivity index (χ2v) is 8.66. The van der Waals surface area contributed by atoms with Crippen molar-refractivity contribution < 1.29 is 9.53 Å². The summed E-state index contributed by atoms with van der Waals surface area (Å²) >= 11 is 1.60. The first-order valence-corrected chi connectivity index (χ1v) is 10.8. The molecule has 1 aliphatic rings. The average molecular weight is 395 g/mol. The summed E-state index contributed by atoms with van der Waals surface area (Å²) in [6.07, 6.45) is 2.52. The molecule has 1 unspecified atom stereocenters. The van der Waals surface area contributed by atoms with Crippen LogP contribution < -0.4 is 4.90 Å². The van der Waals surface area contributed by atoms with E-state index in [1.165, 1.54) is 5.56 Å². The van der Waals surface area contributed by atoms with Crippen molar-refractivity contribution in [2.75, 3.05) is 18.1 Å². The number of fused-ring (bicyclic) bond motifs is 1. The summed E-state index contributed by atoms with van der Waals surface area (Å²) in [4.78, 5) is 20.0. The van der Waals surface area contributed by atoms with Crippen LogP contribution in [0.4, 0.5) is 5.13 Å². The predicted octanol–water partition coefficient (Wildman–Crippen LogP) is 5.17. The summed E-state index contributed by atoms with van der Waals surface area (Å²) in [6.45, 7) is 5.71. The SMILES string of the molecule is CC(C)c1cccc2sc(N(CC3CCCO3)C(=O)Cc3ccccc3)nc12. The zero-order valence-electron chi connectivity index (χ0n) is 16.4. The van der Waals surface area contributed by atoms with Crippen LogP contribution in [0.2, 0.25) is 0 Å². The van der Waals surface area contributed by atoms with Crippen molar-refractivity contribution in [3.63, 3.8) is 0 Å². The van der Waals surface area contributed by atoms with Crippen molar-refractivity contribution in [2.24, 2.45) is 0 Å². The Balaban J connectivity index is 1.67. The van der Waals surface area contributed by atoms with Crippen molar-refractivity contribution in [3.05, 3.63) is 59.7 Å². The summed E-state index contributed by atoms with van der Waals surface area (Å²) < 4.78 is 6.95. The Bertz CT molecular complexity index is 946. The van der Waals surface area contributed by atoms with Crippen molar-refractivity contribution in [2.45, 2.75) is 45.1 Å². The molecule has 0 bridgehead atoms. The number of hydrogen-bond acceptors (Lipinski definition) is 4. The topological polar surface area (TPSA) is 42.4 Å². The molecule has 0 N–H and O–H groups in total. The first-order chi connectivity index (χ1) is 13.6. The van der Waals surface area contributed by atoms with Crippen LogP contribution in [0.15, 0.2) is 48.5 Å². The number of aromatic nitrogens is 1. The summed E-state index contributed by atoms with van der Waals surface area (Å²) in [6, 6.07) is 16.2. The third-order valence-corrected chi connectivity index (χ3v) is 6.24. The molecule has 1 atom stereocenters. The number of nitrogens with zero attached hydrogens (tertiary/aromatic N) is 2. The van der Waals surface area contributed by atoms with Crippen molar-refractivity contribution >= 4 is 32.6 Å². The van der Waals surface area contributed by atoms with Gasteiger partial charge in [0.05, 0.1) is 29.3 Å². The van der Waals surface area contributed by atoms with Gasteiger partial charge >= 0.3 is 0 Å². The summed E-state index contributed by atoms with van der Waals surface area (Å²) in [5.74, 6) is 0.470. The highest BCUT2D eigenvalue weighted by Crippen LogP contribution is 2.34. The van der Waals surface area contributed by atoms with Gasteiger partial charge in [0.25, 0.3) is 0 Å². The van der Waals surface area contributed by atoms with Crippen LogP contribution in [0.25, 0.3) is 10.2 Å². The lowest BCUT2D eigenvalue weighted by Gasteiger charge is -2.23. The van der Waals surface area contributed by atoms with Gasteiger partial charge < -0.3 is 4.74 Å². The number of amides is 1. The Hall–Kier alpha value is -2.24. The molecule has 146 valence electrons. The maximum absolute atomic E-state index is 13.2. The third-order valence-electron chi connectivity index (χ3n) is 5.20. The lowest BCUT2D eigenvalue weighted by molar-refractivity contribution is -0.118. The molecule has 5 heteroatoms. The molecule has 1 amide bonds. The van der Waals surface area contributed by atoms with Gasteiger partial charge in [-0.1, -0.05) is 67.6 Å². The number of hydrogen-bond donors (Lipinski definition) is 0. The average Bonchev–Trinajstić information content (AvgIpc) is 3.35. The van der Waals surface area contributed by atoms with Crippen molar-refractivity contribution in [3.8, 4) is 0 Å². The van der Waals surface area contributed by atoms with Crippen LogP contribution in [0.3, 0.4) is 0 Å². The van der Waals surface area contributed by atoms with Crippen LogP contribution in [-0.2, 0) is 16.0 Å². The van der Waals surface area contributed by atoms with Gasteiger partial charge in [0.2, 0.25) is 5.91 Å². The Morgan fingerprint density at radius 1 is 1.21 bits per heavy atom. The van der Waals surface area contributed by atoms with E-state index in [0.29, 0.717) is 18.9 Å². The first-order valence-electron chi connectivity index (χ1n) is 9.97. The molecule has 0 spiro atoms. The fourth-order valence-electron chi connectivity index (χ4n) is 3.68. The maximum atomic E-state index is 13.2. The van der Waals surface area contributed by atoms with E-state index in [1.807, 2.05) is 35.2 Å². The number of carbonyl (C=O) groups is 1. The third kappa shape index (κ3) is 4.10. The molecule has 4 rings (SSSR count). The largest absolute Gasteiger partial charge is 0.376 e. The second-order valence-electron chi connectivity index (χ2n) is 7.65. The molecule has 0 saturated carbocycles. The Morgan fingerprint density at radius 2 is 2.04 bits per heavy atom. The number of para-hydroxylation sites is 1. The summed E-state index contributed by atoms with van der Waals surface area (Å²) in [5, 5.41) is 0.777. The number of rotatable bonds is 6. The standard InChI is InChI=1S/C23H26N2O2S/c1-16(2)19-11-6-12-20-22(19)24-23(28-20)25(15-18-10-7-13-27-18)21(26)14-17-8-4-3-5-9-17/h3-6,8-9,11-12,16,18H,7,10,13-15H2,1-2H3. The fraction of sp³-hybridized carbons (Fsp3) is 0.391.